The summed E-state index contributed by atoms with van der Waals surface area (Å²) in [6, 6.07) is 8.97. The van der Waals surface area contributed by atoms with Crippen molar-refractivity contribution >= 4 is 27.5 Å². The molecule has 0 unspecified atom stereocenters. The van der Waals surface area contributed by atoms with E-state index in [1.165, 1.54) is 20.3 Å². The number of hydrogen-bond acceptors (Lipinski definition) is 7. The Morgan fingerprint density at radius 2 is 1.71 bits per heavy atom. The van der Waals surface area contributed by atoms with E-state index >= 15 is 0 Å². The third-order valence-electron chi connectivity index (χ3n) is 4.39. The second kappa shape index (κ2) is 8.97. The first-order valence-electron chi connectivity index (χ1n) is 9.48. The topological polar surface area (TPSA) is 95.7 Å². The van der Waals surface area contributed by atoms with Crippen LogP contribution in [0.2, 0.25) is 0 Å². The maximum absolute atomic E-state index is 12.7. The smallest absolute Gasteiger partial charge is 0.291 e. The fourth-order valence-corrected chi connectivity index (χ4v) is 3.08. The Morgan fingerprint density at radius 3 is 2.29 bits per heavy atom. The Bertz CT molecular complexity index is 1080. The van der Waals surface area contributed by atoms with Gasteiger partial charge in [-0.15, -0.1) is 0 Å². The Kier molecular flexibility index (Phi) is 6.54. The van der Waals surface area contributed by atoms with Crippen LogP contribution in [0.4, 0.5) is 5.69 Å². The minimum atomic E-state index is -0.526. The number of carbonyl (C=O) groups is 1. The van der Waals surface area contributed by atoms with Gasteiger partial charge in [-0.2, -0.15) is 9.97 Å². The van der Waals surface area contributed by atoms with Crippen molar-refractivity contribution < 1.29 is 23.4 Å². The normalized spacial score (nSPS) is 11.2. The molecule has 0 spiro atoms. The van der Waals surface area contributed by atoms with E-state index in [0.717, 1.165) is 10.0 Å². The van der Waals surface area contributed by atoms with E-state index in [4.69, 9.17) is 18.6 Å². The van der Waals surface area contributed by atoms with Gasteiger partial charge in [0.15, 0.2) is 11.4 Å². The van der Waals surface area contributed by atoms with Crippen LogP contribution in [-0.4, -0.2) is 30.1 Å². The average Bonchev–Trinajstić information content (AvgIpc) is 3.18. The Balaban J connectivity index is 1.82. The van der Waals surface area contributed by atoms with Crippen LogP contribution < -0.4 is 19.5 Å². The number of hydrogen-bond donors (Lipinski definition) is 1. The summed E-state index contributed by atoms with van der Waals surface area (Å²) in [5.41, 5.74) is 1.27. The summed E-state index contributed by atoms with van der Waals surface area (Å²) in [7, 11) is 2.89. The average molecular weight is 490 g/mol. The molecule has 3 rings (SSSR count). The van der Waals surface area contributed by atoms with Crippen molar-refractivity contribution in [2.24, 2.45) is 0 Å². The van der Waals surface area contributed by atoms with Crippen LogP contribution in [0, 0.1) is 6.92 Å². The number of anilines is 1. The minimum Gasteiger partial charge on any atom is -0.479 e. The minimum absolute atomic E-state index is 0.0404. The SMILES string of the molecule is COc1nc(C)nc(OC)c1NC(=O)c1ccc(Oc2cc(C(C)(C)C)ccc2Br)o1. The zero-order valence-electron chi connectivity index (χ0n) is 18.2. The summed E-state index contributed by atoms with van der Waals surface area (Å²) in [5, 5.41) is 2.67. The highest BCUT2D eigenvalue weighted by molar-refractivity contribution is 9.10. The molecule has 0 aliphatic heterocycles. The highest BCUT2D eigenvalue weighted by atomic mass is 79.9. The lowest BCUT2D eigenvalue weighted by Crippen LogP contribution is -2.14. The highest BCUT2D eigenvalue weighted by Gasteiger charge is 2.21. The first-order chi connectivity index (χ1) is 14.6. The number of ether oxygens (including phenoxy) is 3. The van der Waals surface area contributed by atoms with Gasteiger partial charge in [-0.25, -0.2) is 0 Å². The lowest BCUT2D eigenvalue weighted by Gasteiger charge is -2.20. The number of amides is 1. The van der Waals surface area contributed by atoms with Gasteiger partial charge in [0, 0.05) is 6.07 Å². The van der Waals surface area contributed by atoms with Crippen LogP contribution in [0.15, 0.2) is 39.2 Å². The number of methoxy groups -OCH3 is 2. The van der Waals surface area contributed by atoms with Crippen molar-refractivity contribution in [1.82, 2.24) is 9.97 Å². The molecule has 3 aromatic rings. The summed E-state index contributed by atoms with van der Waals surface area (Å²) in [5.74, 6) is 1.10. The van der Waals surface area contributed by atoms with Crippen LogP contribution in [0.25, 0.3) is 0 Å². The Morgan fingerprint density at radius 1 is 1.06 bits per heavy atom. The molecule has 2 heterocycles. The summed E-state index contributed by atoms with van der Waals surface area (Å²) in [4.78, 5) is 21.0. The van der Waals surface area contributed by atoms with Crippen LogP contribution in [-0.2, 0) is 5.41 Å². The number of halogens is 1. The van der Waals surface area contributed by atoms with E-state index in [1.807, 2.05) is 18.2 Å². The van der Waals surface area contributed by atoms with Gasteiger partial charge in [0.05, 0.1) is 18.7 Å². The molecule has 0 aliphatic rings. The van der Waals surface area contributed by atoms with Crippen LogP contribution in [0.1, 0.15) is 42.7 Å². The van der Waals surface area contributed by atoms with E-state index in [1.54, 1.807) is 13.0 Å². The second-order valence-electron chi connectivity index (χ2n) is 7.73. The van der Waals surface area contributed by atoms with Crippen LogP contribution in [0.3, 0.4) is 0 Å². The number of carbonyl (C=O) groups excluding carboxylic acids is 1. The van der Waals surface area contributed by atoms with Crippen molar-refractivity contribution in [3.63, 3.8) is 0 Å². The molecule has 0 saturated heterocycles. The molecule has 31 heavy (non-hydrogen) atoms. The Hall–Kier alpha value is -3.07. The van der Waals surface area contributed by atoms with Crippen molar-refractivity contribution in [2.45, 2.75) is 33.1 Å². The molecule has 8 nitrogen and oxygen atoms in total. The summed E-state index contributed by atoms with van der Waals surface area (Å²) < 4.78 is 22.7. The fraction of sp³-hybridized carbons (Fsp3) is 0.318. The number of furan rings is 1. The van der Waals surface area contributed by atoms with Gasteiger partial charge in [0.2, 0.25) is 11.8 Å². The fourth-order valence-electron chi connectivity index (χ4n) is 2.75. The Labute approximate surface area is 189 Å². The molecule has 0 bridgehead atoms. The van der Waals surface area contributed by atoms with Crippen LogP contribution >= 0.6 is 15.9 Å². The number of aryl methyl sites for hydroxylation is 1. The van der Waals surface area contributed by atoms with Crippen molar-refractivity contribution in [3.05, 3.63) is 52.0 Å². The number of aromatic nitrogens is 2. The number of benzene rings is 1. The third kappa shape index (κ3) is 5.16. The molecule has 1 amide bonds. The molecule has 0 fully saturated rings. The number of rotatable bonds is 6. The maximum atomic E-state index is 12.7. The molecule has 1 aromatic carbocycles. The molecule has 1 N–H and O–H groups in total. The summed E-state index contributed by atoms with van der Waals surface area (Å²) >= 11 is 3.48. The zero-order valence-corrected chi connectivity index (χ0v) is 19.8. The molecule has 0 aliphatic carbocycles. The summed E-state index contributed by atoms with van der Waals surface area (Å²) in [6.07, 6.45) is 0. The van der Waals surface area contributed by atoms with E-state index in [-0.39, 0.29) is 34.6 Å². The van der Waals surface area contributed by atoms with Gasteiger partial charge >= 0.3 is 0 Å². The molecule has 0 atom stereocenters. The third-order valence-corrected chi connectivity index (χ3v) is 5.05. The lowest BCUT2D eigenvalue weighted by atomic mass is 9.87. The molecular weight excluding hydrogens is 466 g/mol. The van der Waals surface area contributed by atoms with Gasteiger partial charge in [0.1, 0.15) is 11.6 Å². The van der Waals surface area contributed by atoms with E-state index in [2.05, 4.69) is 52.0 Å². The van der Waals surface area contributed by atoms with E-state index in [0.29, 0.717) is 11.6 Å². The quantitative estimate of drug-likeness (QED) is 0.488. The van der Waals surface area contributed by atoms with E-state index < -0.39 is 5.91 Å². The van der Waals surface area contributed by atoms with Gasteiger partial charge in [-0.3, -0.25) is 4.79 Å². The van der Waals surface area contributed by atoms with Crippen molar-refractivity contribution in [1.29, 1.82) is 0 Å². The molecule has 164 valence electrons. The standard InChI is InChI=1S/C22H24BrN3O5/c1-12-24-20(28-5)18(21(25-12)29-6)26-19(27)15-9-10-17(30-15)31-16-11-13(22(2,3)4)7-8-14(16)23/h7-11H,1-6H3,(H,26,27). The van der Waals surface area contributed by atoms with Gasteiger partial charge < -0.3 is 23.9 Å². The zero-order chi connectivity index (χ0) is 22.8. The largest absolute Gasteiger partial charge is 0.479 e. The van der Waals surface area contributed by atoms with Gasteiger partial charge in [0.25, 0.3) is 11.9 Å². The second-order valence-corrected chi connectivity index (χ2v) is 8.59. The molecule has 0 radical (unpaired) electrons. The molecule has 9 heteroatoms. The molecule has 0 saturated carbocycles. The maximum Gasteiger partial charge on any atom is 0.291 e. The lowest BCUT2D eigenvalue weighted by molar-refractivity contribution is 0.0990. The van der Waals surface area contributed by atoms with Gasteiger partial charge in [-0.05, 0) is 52.0 Å². The number of nitrogens with one attached hydrogen (secondary N) is 1. The molecular formula is C22H24BrN3O5. The van der Waals surface area contributed by atoms with Gasteiger partial charge in [-0.1, -0.05) is 26.8 Å². The van der Waals surface area contributed by atoms with Crippen molar-refractivity contribution in [2.75, 3.05) is 19.5 Å². The van der Waals surface area contributed by atoms with Crippen molar-refractivity contribution in [3.8, 4) is 23.5 Å². The first kappa shape index (κ1) is 22.6. The number of nitrogens with zero attached hydrogens (tertiary/aromatic N) is 2. The van der Waals surface area contributed by atoms with Crippen LogP contribution in [0.5, 0.6) is 23.5 Å². The monoisotopic (exact) mass is 489 g/mol. The predicted molar refractivity (Wildman–Crippen MR) is 119 cm³/mol. The summed E-state index contributed by atoms with van der Waals surface area (Å²) in [6.45, 7) is 8.05. The predicted octanol–water partition coefficient (Wildman–Crippen LogP) is 5.50. The molecule has 2 aromatic heterocycles. The van der Waals surface area contributed by atoms with E-state index in [9.17, 15) is 4.79 Å². The first-order valence-corrected chi connectivity index (χ1v) is 10.3. The highest BCUT2D eigenvalue weighted by Crippen LogP contribution is 2.36.